The zero-order valence-corrected chi connectivity index (χ0v) is 28.1. The second kappa shape index (κ2) is 14.9. The van der Waals surface area contributed by atoms with Crippen LogP contribution >= 0.6 is 22.6 Å². The molecular weight excluding hydrogens is 641 g/mol. The average molecular weight is 690 g/mol. The molecule has 0 aliphatic carbocycles. The number of ketones is 2. The molecule has 0 aromatic heterocycles. The molecule has 1 saturated heterocycles. The fraction of sp³-hybridized carbons (Fsp3) is 0.774. The van der Waals surface area contributed by atoms with Gasteiger partial charge in [-0.2, -0.15) is 0 Å². The summed E-state index contributed by atoms with van der Waals surface area (Å²) in [5.74, 6) is -1.11. The molecule has 10 heteroatoms. The van der Waals surface area contributed by atoms with E-state index in [1.807, 2.05) is 20.9 Å². The van der Waals surface area contributed by atoms with Crippen molar-refractivity contribution in [2.75, 3.05) is 20.7 Å². The smallest absolute Gasteiger partial charge is 0.317 e. The molecule has 0 unspecified atom stereocenters. The SMILES string of the molecule is C#CCCN(C)[C@@H]1C[C@H](O[C@@H]2[C@@H](C)C(=O)[C@@H](C)C(=O)O[C@H](I)[C@@](C)(O)/C=C(\C)C(=O)[C@H](C)C[C@@]2(C)OC)O[C@H](C)C1. The number of nitrogens with zero attached hydrogens (tertiary/aromatic N) is 1. The molecule has 1 N–H and O–H groups in total. The Morgan fingerprint density at radius 1 is 1.20 bits per heavy atom. The van der Waals surface area contributed by atoms with Crippen molar-refractivity contribution in [3.05, 3.63) is 11.6 Å². The molecular formula is C31H48INO8. The maximum Gasteiger partial charge on any atom is 0.317 e. The van der Waals surface area contributed by atoms with Crippen molar-refractivity contribution >= 4 is 40.1 Å². The van der Waals surface area contributed by atoms with Crippen LogP contribution in [0.2, 0.25) is 0 Å². The summed E-state index contributed by atoms with van der Waals surface area (Å²) in [7, 11) is 3.55. The summed E-state index contributed by atoms with van der Waals surface area (Å²) in [6, 6.07) is 0.158. The number of alkyl halides is 1. The van der Waals surface area contributed by atoms with Crippen LogP contribution in [0.4, 0.5) is 0 Å². The number of ether oxygens (including phenoxy) is 4. The van der Waals surface area contributed by atoms with Crippen molar-refractivity contribution < 1.29 is 38.4 Å². The van der Waals surface area contributed by atoms with E-state index in [1.54, 1.807) is 43.4 Å². The molecule has 232 valence electrons. The number of rotatable bonds is 6. The number of hydrogen-bond donors (Lipinski definition) is 1. The van der Waals surface area contributed by atoms with Crippen LogP contribution in [0.1, 0.15) is 74.1 Å². The van der Waals surface area contributed by atoms with E-state index in [2.05, 4.69) is 10.8 Å². The maximum absolute atomic E-state index is 13.8. The first kappa shape index (κ1) is 35.8. The van der Waals surface area contributed by atoms with E-state index in [0.717, 1.165) is 13.0 Å². The van der Waals surface area contributed by atoms with Crippen LogP contribution in [-0.2, 0) is 33.3 Å². The Hall–Kier alpha value is -1.36. The Morgan fingerprint density at radius 2 is 1.83 bits per heavy atom. The van der Waals surface area contributed by atoms with Gasteiger partial charge in [-0.05, 0) is 88.7 Å². The van der Waals surface area contributed by atoms with Gasteiger partial charge in [0.25, 0.3) is 0 Å². The van der Waals surface area contributed by atoms with E-state index in [-0.39, 0.29) is 30.1 Å². The second-order valence-electron chi connectivity index (χ2n) is 12.2. The minimum absolute atomic E-state index is 0.0964. The minimum Gasteiger partial charge on any atom is -0.448 e. The number of cyclic esters (lactones) is 1. The number of aliphatic hydroxyl groups is 1. The van der Waals surface area contributed by atoms with Gasteiger partial charge >= 0.3 is 5.97 Å². The Morgan fingerprint density at radius 3 is 2.41 bits per heavy atom. The molecule has 41 heavy (non-hydrogen) atoms. The highest BCUT2D eigenvalue weighted by Crippen LogP contribution is 2.37. The lowest BCUT2D eigenvalue weighted by Crippen LogP contribution is -2.55. The molecule has 9 nitrogen and oxygen atoms in total. The summed E-state index contributed by atoms with van der Waals surface area (Å²) in [4.78, 5) is 42.4. The molecule has 0 bridgehead atoms. The van der Waals surface area contributed by atoms with Gasteiger partial charge in [0.2, 0.25) is 0 Å². The molecule has 1 fully saturated rings. The van der Waals surface area contributed by atoms with Gasteiger partial charge in [-0.25, -0.2) is 0 Å². The molecule has 10 atom stereocenters. The zero-order valence-electron chi connectivity index (χ0n) is 25.9. The van der Waals surface area contributed by atoms with Crippen LogP contribution in [0.25, 0.3) is 0 Å². The summed E-state index contributed by atoms with van der Waals surface area (Å²) in [5, 5.41) is 11.0. The van der Waals surface area contributed by atoms with Crippen LogP contribution in [0.5, 0.6) is 0 Å². The topological polar surface area (TPSA) is 112 Å². The van der Waals surface area contributed by atoms with Crippen LogP contribution in [0.3, 0.4) is 0 Å². The lowest BCUT2D eigenvalue weighted by atomic mass is 9.77. The molecule has 0 saturated carbocycles. The van der Waals surface area contributed by atoms with E-state index in [1.165, 1.54) is 27.0 Å². The quantitative estimate of drug-likeness (QED) is 0.145. The molecule has 0 radical (unpaired) electrons. The summed E-state index contributed by atoms with van der Waals surface area (Å²) in [5.41, 5.74) is -2.38. The highest BCUT2D eigenvalue weighted by Gasteiger charge is 2.48. The summed E-state index contributed by atoms with van der Waals surface area (Å²) in [6.45, 7) is 12.6. The Bertz CT molecular complexity index is 1020. The van der Waals surface area contributed by atoms with Crippen LogP contribution in [0.15, 0.2) is 11.6 Å². The lowest BCUT2D eigenvalue weighted by molar-refractivity contribution is -0.263. The number of esters is 1. The Balaban J connectivity index is 2.52. The van der Waals surface area contributed by atoms with E-state index in [9.17, 15) is 19.5 Å². The molecule has 0 aromatic carbocycles. The Labute approximate surface area is 259 Å². The van der Waals surface area contributed by atoms with Crippen LogP contribution in [-0.4, -0.2) is 88.1 Å². The summed E-state index contributed by atoms with van der Waals surface area (Å²) in [6.07, 6.45) is 7.53. The third-order valence-electron chi connectivity index (χ3n) is 8.47. The fourth-order valence-corrected chi connectivity index (χ4v) is 6.29. The van der Waals surface area contributed by atoms with E-state index in [0.29, 0.717) is 18.4 Å². The minimum atomic E-state index is -1.62. The van der Waals surface area contributed by atoms with Crippen molar-refractivity contribution in [3.63, 3.8) is 0 Å². The summed E-state index contributed by atoms with van der Waals surface area (Å²) < 4.78 is 23.4. The van der Waals surface area contributed by atoms with Crippen molar-refractivity contribution in [2.24, 2.45) is 17.8 Å². The van der Waals surface area contributed by atoms with Crippen LogP contribution in [0, 0.1) is 30.1 Å². The predicted molar refractivity (Wildman–Crippen MR) is 164 cm³/mol. The first-order valence-electron chi connectivity index (χ1n) is 14.3. The highest BCUT2D eigenvalue weighted by molar-refractivity contribution is 14.1. The number of allylic oxidation sites excluding steroid dienone is 1. The number of hydrogen-bond acceptors (Lipinski definition) is 9. The number of carbonyl (C=O) groups is 3. The standard InChI is InChI=1S/C31H48INO8/c1-11-12-13-33(9)23-14-20(4)39-24(15-23)40-27-21(5)26(35)22(6)28(36)41-29(32)30(7,37)16-18(2)25(34)19(3)17-31(27,8)38-10/h1,16,19-24,27,29,37H,12-15,17H2,2-10H3/b18-16+/t19-,20-,21+,22-,23+,24+,27-,29+,30+,31-/m1/s1. The lowest BCUT2D eigenvalue weighted by Gasteiger charge is -2.45. The molecule has 2 aliphatic rings. The van der Waals surface area contributed by atoms with Crippen LogP contribution < -0.4 is 0 Å². The van der Waals surface area contributed by atoms with Crippen molar-refractivity contribution in [1.82, 2.24) is 4.90 Å². The van der Waals surface area contributed by atoms with Gasteiger partial charge < -0.3 is 29.0 Å². The van der Waals surface area contributed by atoms with Gasteiger partial charge in [0.1, 0.15) is 11.5 Å². The highest BCUT2D eigenvalue weighted by atomic mass is 127. The average Bonchev–Trinajstić information content (AvgIpc) is 2.91. The van der Waals surface area contributed by atoms with E-state index < -0.39 is 51.4 Å². The Kier molecular flexibility index (Phi) is 13.0. The van der Waals surface area contributed by atoms with Gasteiger partial charge in [0.15, 0.2) is 22.0 Å². The molecule has 0 spiro atoms. The summed E-state index contributed by atoms with van der Waals surface area (Å²) >= 11 is 1.80. The molecule has 2 heterocycles. The van der Waals surface area contributed by atoms with Crippen molar-refractivity contribution in [1.29, 1.82) is 0 Å². The van der Waals surface area contributed by atoms with Gasteiger partial charge in [-0.3, -0.25) is 14.4 Å². The van der Waals surface area contributed by atoms with Crippen molar-refractivity contribution in [2.45, 2.75) is 114 Å². The van der Waals surface area contributed by atoms with Gasteiger partial charge in [-0.15, -0.1) is 12.3 Å². The predicted octanol–water partition coefficient (Wildman–Crippen LogP) is 4.08. The van der Waals surface area contributed by atoms with Crippen molar-refractivity contribution in [3.8, 4) is 12.3 Å². The third kappa shape index (κ3) is 9.07. The molecule has 2 aliphatic heterocycles. The maximum atomic E-state index is 13.8. The normalized spacial score (nSPS) is 41.2. The first-order valence-corrected chi connectivity index (χ1v) is 15.6. The number of Topliss-reactive ketones (excluding diaryl/α,β-unsaturated/α-hetero) is 2. The fourth-order valence-electron chi connectivity index (χ4n) is 5.86. The van der Waals surface area contributed by atoms with Gasteiger partial charge in [0.05, 0.1) is 17.8 Å². The first-order chi connectivity index (χ1) is 19.0. The van der Waals surface area contributed by atoms with Gasteiger partial charge in [-0.1, -0.05) is 13.8 Å². The zero-order chi connectivity index (χ0) is 31.3. The van der Waals surface area contributed by atoms with E-state index in [4.69, 9.17) is 25.4 Å². The third-order valence-corrected chi connectivity index (χ3v) is 9.99. The van der Waals surface area contributed by atoms with Gasteiger partial charge in [0, 0.05) is 44.4 Å². The number of halogens is 1. The number of carbonyl (C=O) groups excluding carboxylic acids is 3. The number of methoxy groups -OCH3 is 1. The second-order valence-corrected chi connectivity index (χ2v) is 13.3. The molecule has 2 rings (SSSR count). The molecule has 0 aromatic rings. The monoisotopic (exact) mass is 689 g/mol. The van der Waals surface area contributed by atoms with E-state index >= 15 is 0 Å². The largest absolute Gasteiger partial charge is 0.448 e. The number of terminal acetylenes is 1. The molecule has 0 amide bonds.